The molecule has 0 spiro atoms. The van der Waals surface area contributed by atoms with E-state index in [1.54, 1.807) is 7.11 Å². The molecule has 0 aromatic carbocycles. The van der Waals surface area contributed by atoms with Crippen molar-refractivity contribution in [1.82, 2.24) is 15.1 Å². The molecule has 3 aliphatic rings. The summed E-state index contributed by atoms with van der Waals surface area (Å²) in [5.74, 6) is 0.964. The van der Waals surface area contributed by atoms with Gasteiger partial charge in [0.05, 0.1) is 0 Å². The number of hydrogen-bond donors (Lipinski definition) is 1. The second-order valence-corrected chi connectivity index (χ2v) is 7.83. The molecule has 2 heterocycles. The molecule has 150 valence electrons. The molecule has 2 saturated heterocycles. The third kappa shape index (κ3) is 4.90. The van der Waals surface area contributed by atoms with Crippen molar-refractivity contribution in [2.24, 2.45) is 5.92 Å². The Kier molecular flexibility index (Phi) is 8.17. The number of piperidine rings is 1. The number of methoxy groups -OCH3 is 1. The van der Waals surface area contributed by atoms with Crippen molar-refractivity contribution in [3.8, 4) is 0 Å². The van der Waals surface area contributed by atoms with Crippen LogP contribution in [0.1, 0.15) is 51.4 Å². The average molecular weight is 388 g/mol. The van der Waals surface area contributed by atoms with Gasteiger partial charge in [-0.1, -0.05) is 19.3 Å². The van der Waals surface area contributed by atoms with Crippen LogP contribution in [0.25, 0.3) is 0 Å². The fraction of sp³-hybridized carbons (Fsp3) is 0.895. The van der Waals surface area contributed by atoms with Crippen molar-refractivity contribution in [2.45, 2.75) is 57.0 Å². The van der Waals surface area contributed by atoms with Crippen LogP contribution in [-0.4, -0.2) is 73.6 Å². The first-order valence-electron chi connectivity index (χ1n) is 9.98. The number of ether oxygens (including phenoxy) is 1. The van der Waals surface area contributed by atoms with E-state index >= 15 is 0 Å². The first-order valence-corrected chi connectivity index (χ1v) is 9.98. The number of nitrogens with zero attached hydrogens (tertiary/aromatic N) is 2. The topological polar surface area (TPSA) is 61.9 Å². The fourth-order valence-corrected chi connectivity index (χ4v) is 4.55. The van der Waals surface area contributed by atoms with Crippen molar-refractivity contribution < 1.29 is 14.3 Å². The van der Waals surface area contributed by atoms with Crippen LogP contribution in [0.3, 0.4) is 0 Å². The van der Waals surface area contributed by atoms with E-state index in [1.165, 1.54) is 32.1 Å². The molecule has 0 aromatic heterocycles. The van der Waals surface area contributed by atoms with Crippen LogP contribution in [-0.2, 0) is 14.3 Å². The zero-order chi connectivity index (χ0) is 17.7. The smallest absolute Gasteiger partial charge is 0.255 e. The lowest BCUT2D eigenvalue weighted by atomic mass is 9.86. The van der Waals surface area contributed by atoms with Crippen molar-refractivity contribution in [1.29, 1.82) is 0 Å². The van der Waals surface area contributed by atoms with Gasteiger partial charge in [0, 0.05) is 39.7 Å². The molecular formula is C19H34ClN3O3. The van der Waals surface area contributed by atoms with E-state index in [4.69, 9.17) is 4.74 Å². The van der Waals surface area contributed by atoms with Gasteiger partial charge in [0.1, 0.15) is 5.60 Å². The normalized spacial score (nSPS) is 24.0. The summed E-state index contributed by atoms with van der Waals surface area (Å²) in [7, 11) is 1.65. The third-order valence-corrected chi connectivity index (χ3v) is 6.30. The highest BCUT2D eigenvalue weighted by Crippen LogP contribution is 2.28. The Balaban J connectivity index is 0.00000243. The molecule has 1 aliphatic carbocycles. The molecule has 0 radical (unpaired) electrons. The Morgan fingerprint density at radius 2 is 1.58 bits per heavy atom. The number of carbonyl (C=O) groups is 2. The molecule has 1 N–H and O–H groups in total. The second-order valence-electron chi connectivity index (χ2n) is 7.83. The van der Waals surface area contributed by atoms with Crippen molar-refractivity contribution in [2.75, 3.05) is 46.4 Å². The molecule has 3 fully saturated rings. The molecule has 0 aromatic rings. The van der Waals surface area contributed by atoms with E-state index in [2.05, 4.69) is 5.32 Å². The number of amides is 2. The molecule has 6 nitrogen and oxygen atoms in total. The summed E-state index contributed by atoms with van der Waals surface area (Å²) in [5.41, 5.74) is -0.667. The van der Waals surface area contributed by atoms with Crippen LogP contribution in [0.5, 0.6) is 0 Å². The van der Waals surface area contributed by atoms with Crippen molar-refractivity contribution in [3.63, 3.8) is 0 Å². The predicted molar refractivity (Wildman–Crippen MR) is 103 cm³/mol. The van der Waals surface area contributed by atoms with Gasteiger partial charge in [0.25, 0.3) is 5.91 Å². The second kappa shape index (κ2) is 9.90. The van der Waals surface area contributed by atoms with Crippen LogP contribution >= 0.6 is 12.4 Å². The number of hydrogen-bond acceptors (Lipinski definition) is 4. The number of piperazine rings is 1. The van der Waals surface area contributed by atoms with Gasteiger partial charge in [0.2, 0.25) is 5.91 Å². The lowest BCUT2D eigenvalue weighted by Gasteiger charge is -2.42. The summed E-state index contributed by atoms with van der Waals surface area (Å²) in [6.45, 7) is 4.23. The largest absolute Gasteiger partial charge is 0.368 e. The highest BCUT2D eigenvalue weighted by Gasteiger charge is 2.43. The van der Waals surface area contributed by atoms with Gasteiger partial charge >= 0.3 is 0 Å². The van der Waals surface area contributed by atoms with Gasteiger partial charge in [-0.15, -0.1) is 12.4 Å². The lowest BCUT2D eigenvalue weighted by Crippen LogP contribution is -2.59. The van der Waals surface area contributed by atoms with Gasteiger partial charge in [-0.25, -0.2) is 0 Å². The van der Waals surface area contributed by atoms with E-state index in [9.17, 15) is 9.59 Å². The van der Waals surface area contributed by atoms with Gasteiger partial charge < -0.3 is 19.9 Å². The fourth-order valence-electron chi connectivity index (χ4n) is 4.55. The standard InChI is InChI=1S/C19H33N3O3.ClH/c1-25-19(7-9-20-10-8-19)18(24)22-13-11-21(12-14-22)17(23)15-16-5-3-2-4-6-16;/h16,20H,2-15H2,1H3;1H. The van der Waals surface area contributed by atoms with Crippen molar-refractivity contribution in [3.05, 3.63) is 0 Å². The highest BCUT2D eigenvalue weighted by atomic mass is 35.5. The summed E-state index contributed by atoms with van der Waals surface area (Å²) in [5, 5.41) is 3.29. The van der Waals surface area contributed by atoms with E-state index < -0.39 is 5.60 Å². The predicted octanol–water partition coefficient (Wildman–Crippen LogP) is 1.82. The molecule has 0 unspecified atom stereocenters. The van der Waals surface area contributed by atoms with Crippen LogP contribution in [0.2, 0.25) is 0 Å². The molecule has 0 atom stereocenters. The quantitative estimate of drug-likeness (QED) is 0.799. The van der Waals surface area contributed by atoms with E-state index in [-0.39, 0.29) is 24.2 Å². The Hall–Kier alpha value is -0.850. The van der Waals surface area contributed by atoms with E-state index in [1.807, 2.05) is 9.80 Å². The lowest BCUT2D eigenvalue weighted by molar-refractivity contribution is -0.161. The van der Waals surface area contributed by atoms with Crippen LogP contribution in [0.4, 0.5) is 0 Å². The number of rotatable bonds is 4. The zero-order valence-corrected chi connectivity index (χ0v) is 16.8. The van der Waals surface area contributed by atoms with Gasteiger partial charge in [-0.2, -0.15) is 0 Å². The highest BCUT2D eigenvalue weighted by molar-refractivity contribution is 5.86. The average Bonchev–Trinajstić information content (AvgIpc) is 2.69. The Morgan fingerprint density at radius 3 is 2.15 bits per heavy atom. The number of carbonyl (C=O) groups excluding carboxylic acids is 2. The number of nitrogens with one attached hydrogen (secondary N) is 1. The maximum Gasteiger partial charge on any atom is 0.255 e. The van der Waals surface area contributed by atoms with E-state index in [0.717, 1.165) is 25.9 Å². The van der Waals surface area contributed by atoms with Crippen LogP contribution < -0.4 is 5.32 Å². The Labute approximate surface area is 163 Å². The molecule has 26 heavy (non-hydrogen) atoms. The maximum atomic E-state index is 13.0. The molecule has 1 saturated carbocycles. The van der Waals surface area contributed by atoms with Gasteiger partial charge in [0.15, 0.2) is 0 Å². The molecule has 0 bridgehead atoms. The van der Waals surface area contributed by atoms with Crippen molar-refractivity contribution >= 4 is 24.2 Å². The summed E-state index contributed by atoms with van der Waals surface area (Å²) >= 11 is 0. The molecule has 2 amide bonds. The third-order valence-electron chi connectivity index (χ3n) is 6.30. The van der Waals surface area contributed by atoms with Gasteiger partial charge in [-0.05, 0) is 44.7 Å². The zero-order valence-electron chi connectivity index (χ0n) is 16.0. The minimum Gasteiger partial charge on any atom is -0.368 e. The summed E-state index contributed by atoms with van der Waals surface area (Å²) in [6.07, 6.45) is 8.42. The molecule has 3 rings (SSSR count). The first-order chi connectivity index (χ1) is 12.1. The number of halogens is 1. The van der Waals surface area contributed by atoms with Gasteiger partial charge in [-0.3, -0.25) is 9.59 Å². The summed E-state index contributed by atoms with van der Waals surface area (Å²) in [6, 6.07) is 0. The van der Waals surface area contributed by atoms with Crippen LogP contribution in [0.15, 0.2) is 0 Å². The SMILES string of the molecule is COC1(C(=O)N2CCN(C(=O)CC3CCCCC3)CC2)CCNCC1.Cl. The first kappa shape index (κ1) is 21.5. The minimum absolute atomic E-state index is 0. The minimum atomic E-state index is -0.667. The summed E-state index contributed by atoms with van der Waals surface area (Å²) < 4.78 is 5.66. The molecule has 2 aliphatic heterocycles. The maximum absolute atomic E-state index is 13.0. The Morgan fingerprint density at radius 1 is 1.00 bits per heavy atom. The van der Waals surface area contributed by atoms with Crippen LogP contribution in [0, 0.1) is 5.92 Å². The molecule has 7 heteroatoms. The van der Waals surface area contributed by atoms with E-state index in [0.29, 0.717) is 38.5 Å². The Bertz CT molecular complexity index is 469. The molecular weight excluding hydrogens is 354 g/mol. The monoisotopic (exact) mass is 387 g/mol. The summed E-state index contributed by atoms with van der Waals surface area (Å²) in [4.78, 5) is 29.4.